The minimum Gasteiger partial charge on any atom is -0.462 e. The molecule has 0 amide bonds. The Morgan fingerprint density at radius 3 is 2.88 bits per heavy atom. The summed E-state index contributed by atoms with van der Waals surface area (Å²) >= 11 is 0. The van der Waals surface area contributed by atoms with Crippen LogP contribution in [0.5, 0.6) is 0 Å². The second-order valence-corrected chi connectivity index (χ2v) is 8.94. The van der Waals surface area contributed by atoms with Crippen LogP contribution in [0.1, 0.15) is 57.6 Å². The van der Waals surface area contributed by atoms with Crippen LogP contribution >= 0.6 is 0 Å². The van der Waals surface area contributed by atoms with E-state index in [2.05, 4.69) is 50.0 Å². The van der Waals surface area contributed by atoms with E-state index >= 15 is 0 Å². The summed E-state index contributed by atoms with van der Waals surface area (Å²) in [5, 5.41) is 3.57. The Balaban J connectivity index is 1.45. The minimum atomic E-state index is -0.0227. The molecule has 0 radical (unpaired) electrons. The van der Waals surface area contributed by atoms with Crippen molar-refractivity contribution in [2.75, 3.05) is 6.54 Å². The van der Waals surface area contributed by atoms with Gasteiger partial charge in [0.15, 0.2) is 0 Å². The standard InChI is InChI=1S/C23H31NO2/c1-15-8-7-11-23(3)13-21-18(12-20(15)23)19(22(25)26-21)14-24-16(2)17-9-5-4-6-10-17/h4-6,9-10,16,18-21,24H,1,7-8,11-14H2,2-3H3/t16-,18+,19-,20-,21+,23+/m0/s1. The van der Waals surface area contributed by atoms with Crippen LogP contribution in [0.15, 0.2) is 42.5 Å². The molecule has 3 heteroatoms. The molecule has 4 rings (SSSR count). The predicted molar refractivity (Wildman–Crippen MR) is 104 cm³/mol. The number of nitrogens with one attached hydrogen (secondary N) is 1. The highest BCUT2D eigenvalue weighted by Gasteiger charge is 2.54. The van der Waals surface area contributed by atoms with Crippen molar-refractivity contribution in [2.45, 2.75) is 58.1 Å². The first kappa shape index (κ1) is 17.8. The zero-order valence-corrected chi connectivity index (χ0v) is 16.0. The number of hydrogen-bond acceptors (Lipinski definition) is 3. The van der Waals surface area contributed by atoms with Gasteiger partial charge >= 0.3 is 5.97 Å². The number of ether oxygens (including phenoxy) is 1. The Labute approximate surface area is 157 Å². The first-order chi connectivity index (χ1) is 12.5. The maximum atomic E-state index is 12.6. The second kappa shape index (κ2) is 6.84. The van der Waals surface area contributed by atoms with Gasteiger partial charge in [-0.15, -0.1) is 0 Å². The maximum absolute atomic E-state index is 12.6. The van der Waals surface area contributed by atoms with Crippen LogP contribution in [-0.4, -0.2) is 18.6 Å². The number of hydrogen-bond donors (Lipinski definition) is 1. The lowest BCUT2D eigenvalue weighted by atomic mass is 9.55. The maximum Gasteiger partial charge on any atom is 0.310 e. The predicted octanol–water partition coefficient (Wildman–Crippen LogP) is 4.65. The molecule has 0 spiro atoms. The summed E-state index contributed by atoms with van der Waals surface area (Å²) in [6.07, 6.45) is 5.81. The van der Waals surface area contributed by atoms with Gasteiger partial charge in [-0.3, -0.25) is 4.79 Å². The van der Waals surface area contributed by atoms with E-state index in [4.69, 9.17) is 4.74 Å². The third-order valence-electron chi connectivity index (χ3n) is 7.26. The molecule has 26 heavy (non-hydrogen) atoms. The topological polar surface area (TPSA) is 38.3 Å². The van der Waals surface area contributed by atoms with Crippen molar-refractivity contribution in [3.05, 3.63) is 48.0 Å². The van der Waals surface area contributed by atoms with Crippen molar-refractivity contribution < 1.29 is 9.53 Å². The molecule has 1 aliphatic heterocycles. The fourth-order valence-corrected chi connectivity index (χ4v) is 5.65. The number of allylic oxidation sites excluding steroid dienone is 1. The normalized spacial score (nSPS) is 37.6. The quantitative estimate of drug-likeness (QED) is 0.632. The lowest BCUT2D eigenvalue weighted by Gasteiger charge is -2.50. The van der Waals surface area contributed by atoms with Crippen LogP contribution < -0.4 is 5.32 Å². The molecule has 3 aliphatic rings. The van der Waals surface area contributed by atoms with Crippen molar-refractivity contribution in [2.24, 2.45) is 23.2 Å². The molecular weight excluding hydrogens is 322 g/mol. The molecule has 140 valence electrons. The van der Waals surface area contributed by atoms with E-state index in [1.165, 1.54) is 24.0 Å². The average Bonchev–Trinajstić information content (AvgIpc) is 2.92. The van der Waals surface area contributed by atoms with Crippen molar-refractivity contribution in [1.29, 1.82) is 0 Å². The second-order valence-electron chi connectivity index (χ2n) is 8.94. The van der Waals surface area contributed by atoms with E-state index in [0.717, 1.165) is 19.3 Å². The number of esters is 1. The summed E-state index contributed by atoms with van der Waals surface area (Å²) < 4.78 is 5.86. The summed E-state index contributed by atoms with van der Waals surface area (Å²) in [7, 11) is 0. The van der Waals surface area contributed by atoms with Crippen LogP contribution in [0.2, 0.25) is 0 Å². The zero-order valence-electron chi connectivity index (χ0n) is 16.0. The van der Waals surface area contributed by atoms with Crippen LogP contribution in [0.25, 0.3) is 0 Å². The van der Waals surface area contributed by atoms with Gasteiger partial charge < -0.3 is 10.1 Å². The molecule has 1 heterocycles. The van der Waals surface area contributed by atoms with E-state index < -0.39 is 0 Å². The molecule has 3 fully saturated rings. The molecule has 0 bridgehead atoms. The molecule has 3 nitrogen and oxygen atoms in total. The van der Waals surface area contributed by atoms with Gasteiger partial charge in [0.2, 0.25) is 0 Å². The van der Waals surface area contributed by atoms with Gasteiger partial charge in [-0.05, 0) is 55.9 Å². The summed E-state index contributed by atoms with van der Waals surface area (Å²) in [5.41, 5.74) is 2.93. The summed E-state index contributed by atoms with van der Waals surface area (Å²) in [6.45, 7) is 9.62. The van der Waals surface area contributed by atoms with Gasteiger partial charge in [-0.2, -0.15) is 0 Å². The van der Waals surface area contributed by atoms with Crippen molar-refractivity contribution in [3.63, 3.8) is 0 Å². The van der Waals surface area contributed by atoms with Gasteiger partial charge in [0.25, 0.3) is 0 Å². The van der Waals surface area contributed by atoms with E-state index in [9.17, 15) is 4.79 Å². The number of fused-ring (bicyclic) bond motifs is 2. The van der Waals surface area contributed by atoms with Crippen LogP contribution in [0, 0.1) is 23.2 Å². The first-order valence-corrected chi connectivity index (χ1v) is 10.1. The third kappa shape index (κ3) is 3.11. The first-order valence-electron chi connectivity index (χ1n) is 10.1. The molecule has 0 aromatic heterocycles. The molecule has 1 N–H and O–H groups in total. The summed E-state index contributed by atoms with van der Waals surface area (Å²) in [5.74, 6) is 0.873. The number of rotatable bonds is 4. The smallest absolute Gasteiger partial charge is 0.310 e. The highest BCUT2D eigenvalue weighted by molar-refractivity contribution is 5.75. The molecule has 1 saturated heterocycles. The van der Waals surface area contributed by atoms with Gasteiger partial charge in [0, 0.05) is 18.5 Å². The van der Waals surface area contributed by atoms with Crippen molar-refractivity contribution >= 4 is 5.97 Å². The van der Waals surface area contributed by atoms with Crippen molar-refractivity contribution in [3.8, 4) is 0 Å². The molecule has 1 aromatic rings. The fraction of sp³-hybridized carbons (Fsp3) is 0.609. The lowest BCUT2D eigenvalue weighted by Crippen LogP contribution is -2.45. The van der Waals surface area contributed by atoms with Crippen LogP contribution in [0.4, 0.5) is 0 Å². The highest BCUT2D eigenvalue weighted by Crippen LogP contribution is 2.56. The van der Waals surface area contributed by atoms with Crippen LogP contribution in [0.3, 0.4) is 0 Å². The van der Waals surface area contributed by atoms with Gasteiger partial charge in [0.05, 0.1) is 5.92 Å². The highest BCUT2D eigenvalue weighted by atomic mass is 16.6. The SMILES string of the molecule is C=C1CCC[C@]2(C)C[C@H]3OC(=O)[C@@H](CN[C@@H](C)c4ccccc4)[C@H]3C[C@@H]12. The zero-order chi connectivity index (χ0) is 18.3. The third-order valence-corrected chi connectivity index (χ3v) is 7.26. The van der Waals surface area contributed by atoms with Gasteiger partial charge in [-0.1, -0.05) is 49.4 Å². The molecular formula is C23H31NO2. The molecule has 2 aliphatic carbocycles. The average molecular weight is 354 g/mol. The summed E-state index contributed by atoms with van der Waals surface area (Å²) in [4.78, 5) is 12.6. The Morgan fingerprint density at radius 1 is 1.35 bits per heavy atom. The number of benzene rings is 1. The molecule has 2 saturated carbocycles. The Bertz CT molecular complexity index is 685. The number of carbonyl (C=O) groups is 1. The number of carbonyl (C=O) groups excluding carboxylic acids is 1. The lowest BCUT2D eigenvalue weighted by molar-refractivity contribution is -0.146. The monoisotopic (exact) mass is 353 g/mol. The van der Waals surface area contributed by atoms with Gasteiger partial charge in [0.1, 0.15) is 6.10 Å². The minimum absolute atomic E-state index is 0.000575. The van der Waals surface area contributed by atoms with E-state index in [1.807, 2.05) is 6.07 Å². The van der Waals surface area contributed by atoms with Gasteiger partial charge in [-0.25, -0.2) is 0 Å². The van der Waals surface area contributed by atoms with Crippen LogP contribution in [-0.2, 0) is 9.53 Å². The Morgan fingerprint density at radius 2 is 2.12 bits per heavy atom. The fourth-order valence-electron chi connectivity index (χ4n) is 5.65. The summed E-state index contributed by atoms with van der Waals surface area (Å²) in [6, 6.07) is 10.7. The molecule has 0 unspecified atom stereocenters. The molecule has 1 aromatic carbocycles. The van der Waals surface area contributed by atoms with Crippen molar-refractivity contribution in [1.82, 2.24) is 5.32 Å². The van der Waals surface area contributed by atoms with E-state index in [0.29, 0.717) is 18.4 Å². The largest absolute Gasteiger partial charge is 0.462 e. The Kier molecular flexibility index (Phi) is 4.68. The molecule has 6 atom stereocenters. The van der Waals surface area contributed by atoms with E-state index in [1.54, 1.807) is 0 Å². The Hall–Kier alpha value is -1.61. The van der Waals surface area contributed by atoms with E-state index in [-0.39, 0.29) is 29.4 Å².